The summed E-state index contributed by atoms with van der Waals surface area (Å²) in [7, 11) is 1.97. The summed E-state index contributed by atoms with van der Waals surface area (Å²) in [5, 5.41) is 7.98. The minimum Gasteiger partial charge on any atom is -0.376 e. The molecule has 2 rings (SSSR count). The van der Waals surface area contributed by atoms with E-state index in [9.17, 15) is 0 Å². The average Bonchev–Trinajstić information content (AvgIpc) is 2.60. The summed E-state index contributed by atoms with van der Waals surface area (Å²) in [6.45, 7) is 2.14. The predicted molar refractivity (Wildman–Crippen MR) is 63.0 cm³/mol. The second-order valence-electron chi connectivity index (χ2n) is 4.13. The number of nitrogens with zero attached hydrogens (tertiary/aromatic N) is 2. The first kappa shape index (κ1) is 10.3. The Labute approximate surface area is 91.2 Å². The van der Waals surface area contributed by atoms with Gasteiger partial charge in [-0.3, -0.25) is 4.68 Å². The van der Waals surface area contributed by atoms with Crippen LogP contribution in [0.2, 0.25) is 0 Å². The van der Waals surface area contributed by atoms with Crippen molar-refractivity contribution in [3.63, 3.8) is 0 Å². The third kappa shape index (κ3) is 2.41. The first-order valence-electron chi connectivity index (χ1n) is 5.75. The molecule has 0 saturated heterocycles. The smallest absolute Gasteiger partial charge is 0.0853 e. The van der Waals surface area contributed by atoms with Crippen molar-refractivity contribution >= 4 is 5.69 Å². The Balaban J connectivity index is 2.08. The van der Waals surface area contributed by atoms with Crippen LogP contribution in [-0.4, -0.2) is 15.8 Å². The van der Waals surface area contributed by atoms with Gasteiger partial charge >= 0.3 is 0 Å². The first-order chi connectivity index (χ1) is 7.29. The summed E-state index contributed by atoms with van der Waals surface area (Å²) in [4.78, 5) is 0. The maximum absolute atomic E-state index is 4.42. The zero-order valence-corrected chi connectivity index (χ0v) is 9.53. The molecule has 1 aliphatic rings. The molecule has 1 unspecified atom stereocenters. The zero-order valence-electron chi connectivity index (χ0n) is 9.53. The van der Waals surface area contributed by atoms with E-state index in [1.807, 2.05) is 11.7 Å². The molecule has 0 aromatic carbocycles. The molecular formula is C12H19N3. The SMILES string of the molecule is CCc1nn(C)cc1NC1C=CCCC1. The Kier molecular flexibility index (Phi) is 3.09. The van der Waals surface area contributed by atoms with Gasteiger partial charge in [-0.1, -0.05) is 19.1 Å². The van der Waals surface area contributed by atoms with Crippen LogP contribution in [0.15, 0.2) is 18.3 Å². The van der Waals surface area contributed by atoms with Crippen LogP contribution in [-0.2, 0) is 13.5 Å². The number of allylic oxidation sites excluding steroid dienone is 1. The van der Waals surface area contributed by atoms with E-state index in [1.165, 1.54) is 24.9 Å². The molecule has 82 valence electrons. The molecule has 0 radical (unpaired) electrons. The third-order valence-corrected chi connectivity index (χ3v) is 2.84. The molecule has 0 aliphatic heterocycles. The third-order valence-electron chi connectivity index (χ3n) is 2.84. The molecule has 1 aromatic heterocycles. The monoisotopic (exact) mass is 205 g/mol. The van der Waals surface area contributed by atoms with E-state index in [1.54, 1.807) is 0 Å². The van der Waals surface area contributed by atoms with Crippen molar-refractivity contribution in [1.82, 2.24) is 9.78 Å². The fourth-order valence-electron chi connectivity index (χ4n) is 2.05. The molecule has 0 spiro atoms. The highest BCUT2D eigenvalue weighted by Gasteiger charge is 2.11. The second-order valence-corrected chi connectivity index (χ2v) is 4.13. The molecule has 15 heavy (non-hydrogen) atoms. The van der Waals surface area contributed by atoms with E-state index in [0.29, 0.717) is 6.04 Å². The lowest BCUT2D eigenvalue weighted by Gasteiger charge is -2.18. The van der Waals surface area contributed by atoms with Crippen LogP contribution < -0.4 is 5.32 Å². The zero-order chi connectivity index (χ0) is 10.7. The van der Waals surface area contributed by atoms with Crippen LogP contribution in [0.25, 0.3) is 0 Å². The molecule has 1 atom stereocenters. The number of rotatable bonds is 3. The predicted octanol–water partition coefficient (Wildman–Crippen LogP) is 2.50. The van der Waals surface area contributed by atoms with E-state index >= 15 is 0 Å². The van der Waals surface area contributed by atoms with E-state index in [-0.39, 0.29) is 0 Å². The molecule has 1 aliphatic carbocycles. The van der Waals surface area contributed by atoms with Gasteiger partial charge in [0, 0.05) is 19.3 Å². The van der Waals surface area contributed by atoms with E-state index in [2.05, 4.69) is 35.7 Å². The van der Waals surface area contributed by atoms with Crippen molar-refractivity contribution in [2.75, 3.05) is 5.32 Å². The topological polar surface area (TPSA) is 29.9 Å². The van der Waals surface area contributed by atoms with E-state index < -0.39 is 0 Å². The molecule has 0 saturated carbocycles. The molecule has 1 heterocycles. The van der Waals surface area contributed by atoms with Gasteiger partial charge in [0.15, 0.2) is 0 Å². The van der Waals surface area contributed by atoms with Gasteiger partial charge in [-0.05, 0) is 25.7 Å². The van der Waals surface area contributed by atoms with Gasteiger partial charge in [0.25, 0.3) is 0 Å². The molecule has 1 N–H and O–H groups in total. The molecule has 1 aromatic rings. The Hall–Kier alpha value is -1.25. The summed E-state index contributed by atoms with van der Waals surface area (Å²) in [6.07, 6.45) is 11.3. The summed E-state index contributed by atoms with van der Waals surface area (Å²) in [6, 6.07) is 0.494. The average molecular weight is 205 g/mol. The maximum atomic E-state index is 4.42. The highest BCUT2D eigenvalue weighted by molar-refractivity contribution is 5.48. The van der Waals surface area contributed by atoms with E-state index in [0.717, 1.165) is 12.1 Å². The summed E-state index contributed by atoms with van der Waals surface area (Å²) >= 11 is 0. The fraction of sp³-hybridized carbons (Fsp3) is 0.583. The molecule has 3 heteroatoms. The molecule has 0 amide bonds. The van der Waals surface area contributed by atoms with Crippen molar-refractivity contribution < 1.29 is 0 Å². The summed E-state index contributed by atoms with van der Waals surface area (Å²) in [5.74, 6) is 0. The van der Waals surface area contributed by atoms with Crippen LogP contribution in [0.4, 0.5) is 5.69 Å². The number of hydrogen-bond acceptors (Lipinski definition) is 2. The van der Waals surface area contributed by atoms with Crippen molar-refractivity contribution in [1.29, 1.82) is 0 Å². The van der Waals surface area contributed by atoms with Crippen LogP contribution in [0.3, 0.4) is 0 Å². The Morgan fingerprint density at radius 3 is 3.13 bits per heavy atom. The van der Waals surface area contributed by atoms with Gasteiger partial charge in [0.1, 0.15) is 0 Å². The lowest BCUT2D eigenvalue weighted by Crippen LogP contribution is -2.18. The lowest BCUT2D eigenvalue weighted by atomic mass is 10.0. The number of hydrogen-bond donors (Lipinski definition) is 1. The van der Waals surface area contributed by atoms with Crippen LogP contribution in [0.1, 0.15) is 31.9 Å². The Bertz CT molecular complexity index is 352. The molecular weight excluding hydrogens is 186 g/mol. The van der Waals surface area contributed by atoms with Gasteiger partial charge in [-0.2, -0.15) is 5.10 Å². The second kappa shape index (κ2) is 4.51. The highest BCUT2D eigenvalue weighted by Crippen LogP contribution is 2.19. The van der Waals surface area contributed by atoms with Crippen molar-refractivity contribution in [3.05, 3.63) is 24.0 Å². The summed E-state index contributed by atoms with van der Waals surface area (Å²) < 4.78 is 1.88. The van der Waals surface area contributed by atoms with Crippen molar-refractivity contribution in [2.24, 2.45) is 7.05 Å². The molecule has 0 bridgehead atoms. The number of aryl methyl sites for hydroxylation is 2. The first-order valence-corrected chi connectivity index (χ1v) is 5.75. The molecule has 0 fully saturated rings. The van der Waals surface area contributed by atoms with Crippen LogP contribution in [0.5, 0.6) is 0 Å². The van der Waals surface area contributed by atoms with Gasteiger partial charge in [-0.15, -0.1) is 0 Å². The van der Waals surface area contributed by atoms with Gasteiger partial charge in [0.05, 0.1) is 11.4 Å². The quantitative estimate of drug-likeness (QED) is 0.768. The normalized spacial score (nSPS) is 20.5. The van der Waals surface area contributed by atoms with Crippen LogP contribution >= 0.6 is 0 Å². The van der Waals surface area contributed by atoms with E-state index in [4.69, 9.17) is 0 Å². The van der Waals surface area contributed by atoms with Gasteiger partial charge < -0.3 is 5.32 Å². The minimum atomic E-state index is 0.494. The van der Waals surface area contributed by atoms with Crippen LogP contribution in [0, 0.1) is 0 Å². The Morgan fingerprint density at radius 2 is 2.47 bits per heavy atom. The molecule has 3 nitrogen and oxygen atoms in total. The van der Waals surface area contributed by atoms with Crippen molar-refractivity contribution in [3.8, 4) is 0 Å². The fourth-order valence-corrected chi connectivity index (χ4v) is 2.05. The summed E-state index contributed by atoms with van der Waals surface area (Å²) in [5.41, 5.74) is 2.35. The number of nitrogens with one attached hydrogen (secondary N) is 1. The Morgan fingerprint density at radius 1 is 1.60 bits per heavy atom. The largest absolute Gasteiger partial charge is 0.376 e. The standard InChI is InChI=1S/C12H19N3/c1-3-11-12(9-15(2)14-11)13-10-7-5-4-6-8-10/h5,7,9-10,13H,3-4,6,8H2,1-2H3. The lowest BCUT2D eigenvalue weighted by molar-refractivity contribution is 0.673. The minimum absolute atomic E-state index is 0.494. The van der Waals surface area contributed by atoms with Gasteiger partial charge in [-0.25, -0.2) is 0 Å². The maximum Gasteiger partial charge on any atom is 0.0853 e. The number of anilines is 1. The number of aromatic nitrogens is 2. The van der Waals surface area contributed by atoms with Crippen molar-refractivity contribution in [2.45, 2.75) is 38.6 Å². The highest BCUT2D eigenvalue weighted by atomic mass is 15.3. The van der Waals surface area contributed by atoms with Gasteiger partial charge in [0.2, 0.25) is 0 Å².